The number of hydrogen-bond acceptors (Lipinski definition) is 0. The summed E-state index contributed by atoms with van der Waals surface area (Å²) in [6.07, 6.45) is 9.61. The summed E-state index contributed by atoms with van der Waals surface area (Å²) in [4.78, 5) is 0. The quantitative estimate of drug-likeness (QED) is 0.519. The first-order valence-corrected chi connectivity index (χ1v) is 6.26. The highest BCUT2D eigenvalue weighted by Crippen LogP contribution is 2.15. The summed E-state index contributed by atoms with van der Waals surface area (Å²) >= 11 is 0. The van der Waals surface area contributed by atoms with E-state index < -0.39 is 0 Å². The Kier molecular flexibility index (Phi) is 17.3. The first-order valence-electron chi connectivity index (χ1n) is 6.26. The first-order chi connectivity index (χ1) is 6.26. The summed E-state index contributed by atoms with van der Waals surface area (Å²) in [5.74, 6) is 1.00. The molecule has 0 aromatic heterocycles. The van der Waals surface area contributed by atoms with Crippen LogP contribution in [0.3, 0.4) is 0 Å². The van der Waals surface area contributed by atoms with Gasteiger partial charge in [-0.3, -0.25) is 0 Å². The van der Waals surface area contributed by atoms with Gasteiger partial charge in [0.15, 0.2) is 0 Å². The molecule has 0 saturated heterocycles. The number of unbranched alkanes of at least 4 members (excludes halogenated alkanes) is 2. The van der Waals surface area contributed by atoms with Gasteiger partial charge in [-0.05, 0) is 5.92 Å². The third-order valence-corrected chi connectivity index (χ3v) is 2.62. The molecule has 0 aliphatic rings. The predicted molar refractivity (Wildman–Crippen MR) is 64.2 cm³/mol. The summed E-state index contributed by atoms with van der Waals surface area (Å²) in [7, 11) is 0. The molecule has 0 spiro atoms. The van der Waals surface area contributed by atoms with Crippen molar-refractivity contribution in [3.8, 4) is 0 Å². The molecule has 0 aliphatic heterocycles. The predicted octanol–water partition coefficient (Wildman–Crippen LogP) is 5.42. The molecule has 0 aliphatic carbocycles. The molecule has 0 N–H and O–H groups in total. The highest BCUT2D eigenvalue weighted by atomic mass is 14.1. The molecule has 82 valence electrons. The van der Waals surface area contributed by atoms with E-state index in [0.717, 1.165) is 5.92 Å². The molecule has 0 unspecified atom stereocenters. The van der Waals surface area contributed by atoms with Gasteiger partial charge < -0.3 is 0 Å². The SMILES string of the molecule is CCCC.CCCCC(CC)CC. The standard InChI is InChI=1S/C9H20.C4H10/c1-4-7-8-9(5-2)6-3;1-3-4-2/h9H,4-8H2,1-3H3;3-4H2,1-2H3. The van der Waals surface area contributed by atoms with E-state index in [9.17, 15) is 0 Å². The molecule has 0 aromatic rings. The van der Waals surface area contributed by atoms with Crippen molar-refractivity contribution in [3.05, 3.63) is 0 Å². The molecule has 0 rings (SSSR count). The Morgan fingerprint density at radius 2 is 1.15 bits per heavy atom. The van der Waals surface area contributed by atoms with E-state index in [1.165, 1.54) is 44.9 Å². The molecule has 0 radical (unpaired) electrons. The van der Waals surface area contributed by atoms with Gasteiger partial charge in [-0.2, -0.15) is 0 Å². The van der Waals surface area contributed by atoms with E-state index in [0.29, 0.717) is 0 Å². The molecular weight excluding hydrogens is 156 g/mol. The minimum atomic E-state index is 1.00. The van der Waals surface area contributed by atoms with Crippen LogP contribution in [0.4, 0.5) is 0 Å². The van der Waals surface area contributed by atoms with Gasteiger partial charge in [-0.15, -0.1) is 0 Å². The van der Waals surface area contributed by atoms with Crippen molar-refractivity contribution >= 4 is 0 Å². The fourth-order valence-electron chi connectivity index (χ4n) is 1.19. The Morgan fingerprint density at radius 3 is 1.38 bits per heavy atom. The van der Waals surface area contributed by atoms with Crippen LogP contribution in [0.25, 0.3) is 0 Å². The van der Waals surface area contributed by atoms with Crippen molar-refractivity contribution in [1.29, 1.82) is 0 Å². The van der Waals surface area contributed by atoms with Crippen molar-refractivity contribution in [3.63, 3.8) is 0 Å². The van der Waals surface area contributed by atoms with E-state index in [4.69, 9.17) is 0 Å². The molecule has 0 heterocycles. The molecule has 0 aromatic carbocycles. The van der Waals surface area contributed by atoms with E-state index in [1.54, 1.807) is 0 Å². The second kappa shape index (κ2) is 14.5. The fourth-order valence-corrected chi connectivity index (χ4v) is 1.19. The smallest absolute Gasteiger partial charge is 0.0420 e. The van der Waals surface area contributed by atoms with E-state index in [-0.39, 0.29) is 0 Å². The molecular formula is C13H30. The highest BCUT2D eigenvalue weighted by molar-refractivity contribution is 4.53. The second-order valence-corrected chi connectivity index (χ2v) is 3.82. The Hall–Kier alpha value is 0. The summed E-state index contributed by atoms with van der Waals surface area (Å²) in [6, 6.07) is 0. The van der Waals surface area contributed by atoms with Crippen LogP contribution >= 0.6 is 0 Å². The Morgan fingerprint density at radius 1 is 0.692 bits per heavy atom. The summed E-state index contributed by atoms with van der Waals surface area (Å²) in [5.41, 5.74) is 0. The van der Waals surface area contributed by atoms with Crippen molar-refractivity contribution in [2.24, 2.45) is 5.92 Å². The van der Waals surface area contributed by atoms with Gasteiger partial charge in [0.05, 0.1) is 0 Å². The summed E-state index contributed by atoms with van der Waals surface area (Å²) in [5, 5.41) is 0. The van der Waals surface area contributed by atoms with Gasteiger partial charge in [-0.25, -0.2) is 0 Å². The van der Waals surface area contributed by atoms with Crippen LogP contribution in [-0.4, -0.2) is 0 Å². The van der Waals surface area contributed by atoms with Crippen molar-refractivity contribution in [1.82, 2.24) is 0 Å². The Labute approximate surface area is 86.1 Å². The normalized spacial score (nSPS) is 9.69. The zero-order chi connectivity index (χ0) is 10.5. The van der Waals surface area contributed by atoms with Crippen molar-refractivity contribution < 1.29 is 0 Å². The maximum Gasteiger partial charge on any atom is -0.0420 e. The zero-order valence-corrected chi connectivity index (χ0v) is 10.5. The van der Waals surface area contributed by atoms with Crippen LogP contribution < -0.4 is 0 Å². The van der Waals surface area contributed by atoms with Crippen LogP contribution in [-0.2, 0) is 0 Å². The van der Waals surface area contributed by atoms with E-state index in [2.05, 4.69) is 34.6 Å². The van der Waals surface area contributed by atoms with Crippen LogP contribution in [0, 0.1) is 5.92 Å². The Bertz CT molecular complexity index is 60.4. The van der Waals surface area contributed by atoms with Gasteiger partial charge in [0.1, 0.15) is 0 Å². The average molecular weight is 186 g/mol. The maximum absolute atomic E-state index is 2.30. The number of hydrogen-bond donors (Lipinski definition) is 0. The minimum Gasteiger partial charge on any atom is -0.0654 e. The maximum atomic E-state index is 2.30. The van der Waals surface area contributed by atoms with Crippen LogP contribution in [0.15, 0.2) is 0 Å². The Balaban J connectivity index is 0. The molecule has 0 nitrogen and oxygen atoms in total. The van der Waals surface area contributed by atoms with Gasteiger partial charge >= 0.3 is 0 Å². The molecule has 0 fully saturated rings. The van der Waals surface area contributed by atoms with Crippen LogP contribution in [0.1, 0.15) is 79.6 Å². The van der Waals surface area contributed by atoms with Gasteiger partial charge in [-0.1, -0.05) is 79.6 Å². The minimum absolute atomic E-state index is 1.00. The first kappa shape index (κ1) is 15.5. The molecule has 0 amide bonds. The topological polar surface area (TPSA) is 0 Å². The fraction of sp³-hybridized carbons (Fsp3) is 1.00. The largest absolute Gasteiger partial charge is 0.0654 e. The van der Waals surface area contributed by atoms with Crippen molar-refractivity contribution in [2.45, 2.75) is 79.6 Å². The van der Waals surface area contributed by atoms with E-state index in [1.807, 2.05) is 0 Å². The molecule has 13 heavy (non-hydrogen) atoms. The summed E-state index contributed by atoms with van der Waals surface area (Å²) in [6.45, 7) is 11.2. The van der Waals surface area contributed by atoms with Crippen LogP contribution in [0.5, 0.6) is 0 Å². The van der Waals surface area contributed by atoms with Gasteiger partial charge in [0.25, 0.3) is 0 Å². The van der Waals surface area contributed by atoms with E-state index >= 15 is 0 Å². The lowest BCUT2D eigenvalue weighted by molar-refractivity contribution is 0.438. The molecule has 0 bridgehead atoms. The monoisotopic (exact) mass is 186 g/mol. The number of rotatable bonds is 6. The molecule has 0 saturated carbocycles. The second-order valence-electron chi connectivity index (χ2n) is 3.82. The average Bonchev–Trinajstić information content (AvgIpc) is 2.20. The molecule has 0 atom stereocenters. The zero-order valence-electron chi connectivity index (χ0n) is 10.5. The third kappa shape index (κ3) is 14.8. The lowest BCUT2D eigenvalue weighted by Crippen LogP contribution is -1.95. The molecule has 0 heteroatoms. The summed E-state index contributed by atoms with van der Waals surface area (Å²) < 4.78 is 0. The third-order valence-electron chi connectivity index (χ3n) is 2.62. The van der Waals surface area contributed by atoms with Crippen LogP contribution in [0.2, 0.25) is 0 Å². The van der Waals surface area contributed by atoms with Gasteiger partial charge in [0.2, 0.25) is 0 Å². The highest BCUT2D eigenvalue weighted by Gasteiger charge is 2.00. The lowest BCUT2D eigenvalue weighted by Gasteiger charge is -2.09. The lowest BCUT2D eigenvalue weighted by atomic mass is 9.97. The van der Waals surface area contributed by atoms with Crippen molar-refractivity contribution in [2.75, 3.05) is 0 Å². The van der Waals surface area contributed by atoms with Gasteiger partial charge in [0, 0.05) is 0 Å².